The lowest BCUT2D eigenvalue weighted by Gasteiger charge is -2.35. The average Bonchev–Trinajstić information content (AvgIpc) is 3.36. The highest BCUT2D eigenvalue weighted by Gasteiger charge is 2.35. The second-order valence-electron chi connectivity index (χ2n) is 7.34. The molecule has 160 valence electrons. The Labute approximate surface area is 180 Å². The smallest absolute Gasteiger partial charge is 0.290 e. The predicted octanol–water partition coefficient (Wildman–Crippen LogP) is 3.18. The Morgan fingerprint density at radius 1 is 1.03 bits per heavy atom. The Kier molecular flexibility index (Phi) is 5.93. The summed E-state index contributed by atoms with van der Waals surface area (Å²) >= 11 is 0. The maximum absolute atomic E-state index is 13.2. The zero-order valence-electron chi connectivity index (χ0n) is 17.5. The molecule has 7 heteroatoms. The highest BCUT2D eigenvalue weighted by molar-refractivity contribution is 5.96. The third-order valence-electron chi connectivity index (χ3n) is 5.42. The fraction of sp³-hybridized carbons (Fsp3) is 0.250. The number of nitrogens with one attached hydrogen (secondary N) is 1. The molecule has 1 aliphatic rings. The van der Waals surface area contributed by atoms with Crippen molar-refractivity contribution in [2.75, 3.05) is 14.2 Å². The first kappa shape index (κ1) is 20.5. The second-order valence-corrected chi connectivity index (χ2v) is 7.34. The summed E-state index contributed by atoms with van der Waals surface area (Å²) in [4.78, 5) is 27.8. The van der Waals surface area contributed by atoms with E-state index in [1.807, 2.05) is 36.4 Å². The summed E-state index contributed by atoms with van der Waals surface area (Å²) in [5.41, 5.74) is 2.93. The molecule has 0 spiro atoms. The van der Waals surface area contributed by atoms with Crippen LogP contribution in [0.1, 0.15) is 27.2 Å². The Hall–Kier alpha value is -3.74. The van der Waals surface area contributed by atoms with Gasteiger partial charge in [-0.05, 0) is 41.0 Å². The highest BCUT2D eigenvalue weighted by atomic mass is 16.5. The number of nitrogens with zero attached hydrogens (tertiary/aromatic N) is 1. The van der Waals surface area contributed by atoms with Crippen LogP contribution >= 0.6 is 0 Å². The molecule has 7 nitrogen and oxygen atoms in total. The van der Waals surface area contributed by atoms with E-state index in [2.05, 4.69) is 5.32 Å². The fourth-order valence-electron chi connectivity index (χ4n) is 3.79. The van der Waals surface area contributed by atoms with Gasteiger partial charge in [0.15, 0.2) is 5.76 Å². The number of amides is 2. The van der Waals surface area contributed by atoms with Gasteiger partial charge in [0.2, 0.25) is 5.91 Å². The molecule has 3 aromatic rings. The van der Waals surface area contributed by atoms with Crippen LogP contribution in [0.15, 0.2) is 65.3 Å². The fourth-order valence-corrected chi connectivity index (χ4v) is 3.79. The van der Waals surface area contributed by atoms with Crippen molar-refractivity contribution in [3.8, 4) is 11.5 Å². The molecule has 2 aromatic carbocycles. The summed E-state index contributed by atoms with van der Waals surface area (Å²) in [7, 11) is 3.16. The molecule has 0 bridgehead atoms. The zero-order valence-corrected chi connectivity index (χ0v) is 17.5. The van der Waals surface area contributed by atoms with E-state index in [-0.39, 0.29) is 24.1 Å². The lowest BCUT2D eigenvalue weighted by atomic mass is 9.93. The van der Waals surface area contributed by atoms with Crippen molar-refractivity contribution in [2.45, 2.75) is 25.6 Å². The zero-order chi connectivity index (χ0) is 21.8. The van der Waals surface area contributed by atoms with Crippen LogP contribution in [-0.4, -0.2) is 37.0 Å². The summed E-state index contributed by atoms with van der Waals surface area (Å²) in [5.74, 6) is 0.975. The molecule has 0 aliphatic carbocycles. The number of hydrogen-bond donors (Lipinski definition) is 1. The van der Waals surface area contributed by atoms with Crippen LogP contribution in [0.5, 0.6) is 11.5 Å². The van der Waals surface area contributed by atoms with Gasteiger partial charge in [-0.15, -0.1) is 0 Å². The van der Waals surface area contributed by atoms with Crippen LogP contribution < -0.4 is 14.8 Å². The maximum atomic E-state index is 13.2. The number of carbonyl (C=O) groups excluding carboxylic acids is 2. The number of fused-ring (bicyclic) bond motifs is 1. The van der Waals surface area contributed by atoms with Gasteiger partial charge in [0.05, 0.1) is 20.5 Å². The lowest BCUT2D eigenvalue weighted by Crippen LogP contribution is -2.52. The first-order valence-corrected chi connectivity index (χ1v) is 10.00. The van der Waals surface area contributed by atoms with E-state index in [1.54, 1.807) is 37.3 Å². The minimum absolute atomic E-state index is 0.217. The second kappa shape index (κ2) is 8.95. The van der Waals surface area contributed by atoms with Gasteiger partial charge in [-0.2, -0.15) is 0 Å². The number of furan rings is 1. The molecule has 4 rings (SSSR count). The molecule has 1 atom stereocenters. The van der Waals surface area contributed by atoms with Gasteiger partial charge >= 0.3 is 0 Å². The van der Waals surface area contributed by atoms with E-state index >= 15 is 0 Å². The molecule has 2 heterocycles. The average molecular weight is 420 g/mol. The van der Waals surface area contributed by atoms with Crippen molar-refractivity contribution in [3.05, 3.63) is 83.3 Å². The summed E-state index contributed by atoms with van der Waals surface area (Å²) in [5, 5.41) is 2.96. The van der Waals surface area contributed by atoms with Crippen LogP contribution in [0.25, 0.3) is 0 Å². The van der Waals surface area contributed by atoms with Crippen LogP contribution in [-0.2, 0) is 24.3 Å². The summed E-state index contributed by atoms with van der Waals surface area (Å²) in [6.07, 6.45) is 1.90. The van der Waals surface area contributed by atoms with Gasteiger partial charge in [-0.25, -0.2) is 0 Å². The van der Waals surface area contributed by atoms with Gasteiger partial charge in [-0.3, -0.25) is 9.59 Å². The Balaban J connectivity index is 1.55. The predicted molar refractivity (Wildman–Crippen MR) is 114 cm³/mol. The first-order valence-electron chi connectivity index (χ1n) is 10.00. The normalized spacial score (nSPS) is 15.2. The molecule has 1 aromatic heterocycles. The third-order valence-corrected chi connectivity index (χ3v) is 5.42. The van der Waals surface area contributed by atoms with Crippen molar-refractivity contribution in [1.82, 2.24) is 10.2 Å². The molecular weight excluding hydrogens is 396 g/mol. The van der Waals surface area contributed by atoms with E-state index in [4.69, 9.17) is 13.9 Å². The lowest BCUT2D eigenvalue weighted by molar-refractivity contribution is -0.126. The standard InChI is InChI=1S/C24H24N2O5/c1-29-19-10-16(11-20(13-19)30-2)14-25-23(27)21-12-17-6-3-4-7-18(17)15-26(21)24(28)22-8-5-9-31-22/h3-11,13,21H,12,14-15H2,1-2H3,(H,25,27). The van der Waals surface area contributed by atoms with E-state index < -0.39 is 6.04 Å². The van der Waals surface area contributed by atoms with Gasteiger partial charge in [0, 0.05) is 25.6 Å². The number of carbonyl (C=O) groups is 2. The highest BCUT2D eigenvalue weighted by Crippen LogP contribution is 2.26. The molecule has 0 saturated heterocycles. The van der Waals surface area contributed by atoms with Crippen LogP contribution in [0.3, 0.4) is 0 Å². The number of methoxy groups -OCH3 is 2. The molecule has 0 saturated carbocycles. The molecule has 0 fully saturated rings. The topological polar surface area (TPSA) is 81.0 Å². The van der Waals surface area contributed by atoms with Gasteiger partial charge in [-0.1, -0.05) is 24.3 Å². The molecule has 31 heavy (non-hydrogen) atoms. The van der Waals surface area contributed by atoms with Crippen LogP contribution in [0.2, 0.25) is 0 Å². The van der Waals surface area contributed by atoms with Gasteiger partial charge < -0.3 is 24.1 Å². The minimum Gasteiger partial charge on any atom is -0.497 e. The van der Waals surface area contributed by atoms with Crippen molar-refractivity contribution in [2.24, 2.45) is 0 Å². The van der Waals surface area contributed by atoms with E-state index in [9.17, 15) is 9.59 Å². The van der Waals surface area contributed by atoms with Crippen molar-refractivity contribution < 1.29 is 23.5 Å². The van der Waals surface area contributed by atoms with E-state index in [1.165, 1.54) is 6.26 Å². The summed E-state index contributed by atoms with van der Waals surface area (Å²) in [6.45, 7) is 0.633. The first-order chi connectivity index (χ1) is 15.1. The number of rotatable bonds is 6. The number of hydrogen-bond acceptors (Lipinski definition) is 5. The Morgan fingerprint density at radius 3 is 2.39 bits per heavy atom. The van der Waals surface area contributed by atoms with Crippen molar-refractivity contribution in [1.29, 1.82) is 0 Å². The Morgan fingerprint density at radius 2 is 1.74 bits per heavy atom. The minimum atomic E-state index is -0.639. The molecular formula is C24H24N2O5. The van der Waals surface area contributed by atoms with Crippen molar-refractivity contribution in [3.63, 3.8) is 0 Å². The summed E-state index contributed by atoms with van der Waals surface area (Å²) in [6, 6.07) is 15.9. The van der Waals surface area contributed by atoms with E-state index in [0.29, 0.717) is 24.5 Å². The quantitative estimate of drug-likeness (QED) is 0.663. The molecule has 1 aliphatic heterocycles. The van der Waals surface area contributed by atoms with Crippen LogP contribution in [0.4, 0.5) is 0 Å². The molecule has 2 amide bonds. The van der Waals surface area contributed by atoms with Crippen LogP contribution in [0, 0.1) is 0 Å². The van der Waals surface area contributed by atoms with Gasteiger partial charge in [0.25, 0.3) is 5.91 Å². The van der Waals surface area contributed by atoms with E-state index in [0.717, 1.165) is 16.7 Å². The number of ether oxygens (including phenoxy) is 2. The molecule has 0 radical (unpaired) electrons. The molecule has 1 unspecified atom stereocenters. The third kappa shape index (κ3) is 4.40. The van der Waals surface area contributed by atoms with Gasteiger partial charge in [0.1, 0.15) is 17.5 Å². The van der Waals surface area contributed by atoms with Crippen molar-refractivity contribution >= 4 is 11.8 Å². The largest absolute Gasteiger partial charge is 0.497 e. The monoisotopic (exact) mass is 420 g/mol. The summed E-state index contributed by atoms with van der Waals surface area (Å²) < 4.78 is 15.9. The number of benzene rings is 2. The Bertz CT molecular complexity index is 1060. The SMILES string of the molecule is COc1cc(CNC(=O)C2Cc3ccccc3CN2C(=O)c2ccco2)cc(OC)c1. The maximum Gasteiger partial charge on any atom is 0.290 e. The molecule has 1 N–H and O–H groups in total.